The number of imide groups is 1. The summed E-state index contributed by atoms with van der Waals surface area (Å²) in [5, 5.41) is 12.0. The molecule has 3 rings (SSSR count). The SMILES string of the molecule is COc1ccc(CCN2C(=O)C[C@H](Nc3cccc(C#N)c3)C2=O)cc1OC. The van der Waals surface area contributed by atoms with E-state index in [1.165, 1.54) is 4.90 Å². The lowest BCUT2D eigenvalue weighted by molar-refractivity contribution is -0.138. The number of methoxy groups -OCH3 is 2. The number of nitrogens with one attached hydrogen (secondary N) is 1. The molecule has 7 heteroatoms. The van der Waals surface area contributed by atoms with Crippen molar-refractivity contribution in [1.82, 2.24) is 4.90 Å². The molecule has 7 nitrogen and oxygen atoms in total. The van der Waals surface area contributed by atoms with Gasteiger partial charge in [-0.15, -0.1) is 0 Å². The third-order valence-corrected chi connectivity index (χ3v) is 4.65. The van der Waals surface area contributed by atoms with Crippen LogP contribution in [0.5, 0.6) is 11.5 Å². The first-order chi connectivity index (χ1) is 13.5. The van der Waals surface area contributed by atoms with E-state index in [9.17, 15) is 9.59 Å². The Morgan fingerprint density at radius 3 is 2.64 bits per heavy atom. The van der Waals surface area contributed by atoms with Crippen LogP contribution in [0.25, 0.3) is 0 Å². The molecule has 0 unspecified atom stereocenters. The van der Waals surface area contributed by atoms with E-state index >= 15 is 0 Å². The zero-order chi connectivity index (χ0) is 20.1. The van der Waals surface area contributed by atoms with Crippen LogP contribution in [0.1, 0.15) is 17.5 Å². The maximum Gasteiger partial charge on any atom is 0.252 e. The molecule has 1 fully saturated rings. The zero-order valence-corrected chi connectivity index (χ0v) is 15.8. The number of benzene rings is 2. The molecule has 1 aliphatic heterocycles. The predicted octanol–water partition coefficient (Wildman–Crippen LogP) is 2.36. The average Bonchev–Trinajstić information content (AvgIpc) is 2.98. The summed E-state index contributed by atoms with van der Waals surface area (Å²) in [5.74, 6) is 0.770. The summed E-state index contributed by atoms with van der Waals surface area (Å²) in [6, 6.07) is 13.8. The minimum atomic E-state index is -0.619. The van der Waals surface area contributed by atoms with Crippen molar-refractivity contribution < 1.29 is 19.1 Å². The highest BCUT2D eigenvalue weighted by atomic mass is 16.5. The Balaban J connectivity index is 1.64. The number of hydrogen-bond donors (Lipinski definition) is 1. The molecule has 1 saturated heterocycles. The Labute approximate surface area is 163 Å². The molecule has 2 aromatic carbocycles. The number of rotatable bonds is 7. The Morgan fingerprint density at radius 2 is 1.93 bits per heavy atom. The first-order valence-corrected chi connectivity index (χ1v) is 8.87. The number of likely N-dealkylation sites (tertiary alicyclic amines) is 1. The van der Waals surface area contributed by atoms with E-state index in [0.29, 0.717) is 35.7 Å². The molecule has 0 aliphatic carbocycles. The Bertz CT molecular complexity index is 935. The summed E-state index contributed by atoms with van der Waals surface area (Å²) < 4.78 is 10.5. The third kappa shape index (κ3) is 4.07. The van der Waals surface area contributed by atoms with E-state index in [1.807, 2.05) is 12.1 Å². The zero-order valence-electron chi connectivity index (χ0n) is 15.8. The van der Waals surface area contributed by atoms with Gasteiger partial charge in [0.1, 0.15) is 6.04 Å². The summed E-state index contributed by atoms with van der Waals surface area (Å²) in [4.78, 5) is 26.3. The molecule has 144 valence electrons. The van der Waals surface area contributed by atoms with Gasteiger partial charge in [-0.1, -0.05) is 12.1 Å². The van der Waals surface area contributed by atoms with Gasteiger partial charge in [0.15, 0.2) is 11.5 Å². The minimum Gasteiger partial charge on any atom is -0.493 e. The highest BCUT2D eigenvalue weighted by Gasteiger charge is 2.38. The third-order valence-electron chi connectivity index (χ3n) is 4.65. The van der Waals surface area contributed by atoms with Crippen molar-refractivity contribution in [3.8, 4) is 17.6 Å². The van der Waals surface area contributed by atoms with Gasteiger partial charge in [0.2, 0.25) is 5.91 Å². The number of nitrogens with zero attached hydrogens (tertiary/aromatic N) is 2. The summed E-state index contributed by atoms with van der Waals surface area (Å²) in [7, 11) is 3.13. The first kappa shape index (κ1) is 19.2. The van der Waals surface area contributed by atoms with E-state index in [4.69, 9.17) is 14.7 Å². The monoisotopic (exact) mass is 379 g/mol. The van der Waals surface area contributed by atoms with Gasteiger partial charge in [0, 0.05) is 12.2 Å². The van der Waals surface area contributed by atoms with Gasteiger partial charge >= 0.3 is 0 Å². The highest BCUT2D eigenvalue weighted by Crippen LogP contribution is 2.28. The number of carbonyl (C=O) groups excluding carboxylic acids is 2. The molecule has 0 spiro atoms. The molecule has 1 N–H and O–H groups in total. The maximum atomic E-state index is 12.7. The normalized spacial score (nSPS) is 16.0. The number of anilines is 1. The fourth-order valence-electron chi connectivity index (χ4n) is 3.19. The van der Waals surface area contributed by atoms with Crippen LogP contribution in [0, 0.1) is 11.3 Å². The molecule has 2 amide bonds. The van der Waals surface area contributed by atoms with E-state index in [0.717, 1.165) is 5.56 Å². The molecule has 2 aromatic rings. The van der Waals surface area contributed by atoms with Gasteiger partial charge in [0.25, 0.3) is 5.91 Å². The van der Waals surface area contributed by atoms with Gasteiger partial charge in [-0.05, 0) is 42.3 Å². The predicted molar refractivity (Wildman–Crippen MR) is 103 cm³/mol. The molecule has 1 atom stereocenters. The van der Waals surface area contributed by atoms with Crippen molar-refractivity contribution in [1.29, 1.82) is 5.26 Å². The van der Waals surface area contributed by atoms with Crippen LogP contribution in [0.4, 0.5) is 5.69 Å². The van der Waals surface area contributed by atoms with E-state index in [1.54, 1.807) is 44.6 Å². The molecule has 0 saturated carbocycles. The van der Waals surface area contributed by atoms with Crippen LogP contribution in [-0.4, -0.2) is 43.5 Å². The summed E-state index contributed by atoms with van der Waals surface area (Å²) in [5.41, 5.74) is 2.08. The van der Waals surface area contributed by atoms with E-state index in [-0.39, 0.29) is 18.2 Å². The molecule has 0 aromatic heterocycles. The van der Waals surface area contributed by atoms with Crippen molar-refractivity contribution in [2.75, 3.05) is 26.1 Å². The summed E-state index contributed by atoms with van der Waals surface area (Å²) >= 11 is 0. The Morgan fingerprint density at radius 1 is 1.14 bits per heavy atom. The van der Waals surface area contributed by atoms with Gasteiger partial charge in [-0.25, -0.2) is 0 Å². The second-order valence-corrected chi connectivity index (χ2v) is 6.42. The molecule has 28 heavy (non-hydrogen) atoms. The second kappa shape index (κ2) is 8.44. The van der Waals surface area contributed by atoms with Crippen molar-refractivity contribution in [3.63, 3.8) is 0 Å². The molecule has 0 radical (unpaired) electrons. The molecule has 0 bridgehead atoms. The second-order valence-electron chi connectivity index (χ2n) is 6.42. The number of hydrogen-bond acceptors (Lipinski definition) is 6. The number of carbonyl (C=O) groups is 2. The van der Waals surface area contributed by atoms with E-state index in [2.05, 4.69) is 11.4 Å². The lowest BCUT2D eigenvalue weighted by Gasteiger charge is -2.16. The quantitative estimate of drug-likeness (QED) is 0.743. The largest absolute Gasteiger partial charge is 0.493 e. The van der Waals surface area contributed by atoms with Crippen molar-refractivity contribution in [2.45, 2.75) is 18.9 Å². The van der Waals surface area contributed by atoms with Crippen LogP contribution < -0.4 is 14.8 Å². The Kier molecular flexibility index (Phi) is 5.80. The molecule has 1 heterocycles. The summed E-state index contributed by atoms with van der Waals surface area (Å²) in [6.07, 6.45) is 0.621. The van der Waals surface area contributed by atoms with Crippen LogP contribution in [0.15, 0.2) is 42.5 Å². The topological polar surface area (TPSA) is 91.7 Å². The van der Waals surface area contributed by atoms with Crippen LogP contribution in [0.3, 0.4) is 0 Å². The fourth-order valence-corrected chi connectivity index (χ4v) is 3.19. The first-order valence-electron chi connectivity index (χ1n) is 8.87. The van der Waals surface area contributed by atoms with Gasteiger partial charge in [-0.3, -0.25) is 14.5 Å². The van der Waals surface area contributed by atoms with Gasteiger partial charge in [0.05, 0.1) is 32.3 Å². The van der Waals surface area contributed by atoms with E-state index < -0.39 is 6.04 Å². The fraction of sp³-hybridized carbons (Fsp3) is 0.286. The molecular formula is C21H21N3O4. The van der Waals surface area contributed by atoms with Crippen LogP contribution in [0.2, 0.25) is 0 Å². The van der Waals surface area contributed by atoms with Crippen LogP contribution in [-0.2, 0) is 16.0 Å². The number of amides is 2. The molecular weight excluding hydrogens is 358 g/mol. The number of ether oxygens (including phenoxy) is 2. The average molecular weight is 379 g/mol. The highest BCUT2D eigenvalue weighted by molar-refractivity contribution is 6.06. The minimum absolute atomic E-state index is 0.0988. The lowest BCUT2D eigenvalue weighted by atomic mass is 10.1. The smallest absolute Gasteiger partial charge is 0.252 e. The Hall–Kier alpha value is -3.53. The maximum absolute atomic E-state index is 12.7. The van der Waals surface area contributed by atoms with Gasteiger partial charge in [-0.2, -0.15) is 5.26 Å². The van der Waals surface area contributed by atoms with Crippen LogP contribution >= 0.6 is 0 Å². The standard InChI is InChI=1S/C21H21N3O4/c1-27-18-7-6-14(11-19(18)28-2)8-9-24-20(25)12-17(21(24)26)23-16-5-3-4-15(10-16)13-22/h3-7,10-11,17,23H,8-9,12H2,1-2H3/t17-/m0/s1. The molecule has 1 aliphatic rings. The van der Waals surface area contributed by atoms with Crippen molar-refractivity contribution in [3.05, 3.63) is 53.6 Å². The van der Waals surface area contributed by atoms with Gasteiger partial charge < -0.3 is 14.8 Å². The lowest BCUT2D eigenvalue weighted by Crippen LogP contribution is -2.36. The summed E-state index contributed by atoms with van der Waals surface area (Å²) in [6.45, 7) is 0.295. The number of nitriles is 1. The van der Waals surface area contributed by atoms with Crippen molar-refractivity contribution >= 4 is 17.5 Å². The van der Waals surface area contributed by atoms with Crippen molar-refractivity contribution in [2.24, 2.45) is 0 Å².